The number of benzene rings is 2. The largest absolute Gasteiger partial charge is 0.497 e. The number of nitrogens with zero attached hydrogens (tertiary/aromatic N) is 2. The van der Waals surface area contributed by atoms with Crippen LogP contribution in [0.25, 0.3) is 5.69 Å². The number of methoxy groups -OCH3 is 1. The number of nitrogens with one attached hydrogen (secondary N) is 1. The molecule has 0 radical (unpaired) electrons. The number of hydrazone groups is 1. The lowest BCUT2D eigenvalue weighted by atomic mass is 10.2. The normalized spacial score (nSPS) is 11.1. The molecule has 0 saturated heterocycles. The van der Waals surface area contributed by atoms with Crippen LogP contribution in [0.1, 0.15) is 22.5 Å². The molecule has 1 aromatic heterocycles. The van der Waals surface area contributed by atoms with E-state index in [1.165, 1.54) is 0 Å². The van der Waals surface area contributed by atoms with Gasteiger partial charge in [-0.1, -0.05) is 34.1 Å². The summed E-state index contributed by atoms with van der Waals surface area (Å²) >= 11 is 5.07. The van der Waals surface area contributed by atoms with Gasteiger partial charge in [0.05, 0.1) is 19.1 Å². The van der Waals surface area contributed by atoms with Crippen molar-refractivity contribution in [3.63, 3.8) is 0 Å². The number of carbonyl (C=O) groups is 1. The number of carbonyl (C=O) groups excluding carboxylic acids is 1. The van der Waals surface area contributed by atoms with E-state index in [0.29, 0.717) is 5.75 Å². The van der Waals surface area contributed by atoms with Crippen molar-refractivity contribution in [2.75, 3.05) is 12.9 Å². The maximum Gasteiger partial charge on any atom is 0.250 e. The Kier molecular flexibility index (Phi) is 7.76. The fourth-order valence-corrected chi connectivity index (χ4v) is 4.29. The molecule has 2 aromatic carbocycles. The summed E-state index contributed by atoms with van der Waals surface area (Å²) in [6.45, 7) is 4.10. The molecule has 0 atom stereocenters. The summed E-state index contributed by atoms with van der Waals surface area (Å²) in [4.78, 5) is 12.1. The summed E-state index contributed by atoms with van der Waals surface area (Å²) in [5.41, 5.74) is 7.99. The van der Waals surface area contributed by atoms with E-state index in [2.05, 4.69) is 56.1 Å². The lowest BCUT2D eigenvalue weighted by Gasteiger charge is -2.09. The van der Waals surface area contributed by atoms with Crippen molar-refractivity contribution in [3.05, 3.63) is 81.6 Å². The van der Waals surface area contributed by atoms with Crippen molar-refractivity contribution in [1.29, 1.82) is 0 Å². The molecule has 3 aromatic rings. The molecule has 0 unspecified atom stereocenters. The summed E-state index contributed by atoms with van der Waals surface area (Å²) in [7, 11) is 1.65. The molecule has 0 aliphatic rings. The Bertz CT molecular complexity index is 1050. The van der Waals surface area contributed by atoms with Gasteiger partial charge >= 0.3 is 0 Å². The van der Waals surface area contributed by atoms with E-state index >= 15 is 0 Å². The summed E-state index contributed by atoms with van der Waals surface area (Å²) in [5, 5.41) is 4.14. The second-order valence-electron chi connectivity index (χ2n) is 6.78. The predicted octanol–water partition coefficient (Wildman–Crippen LogP) is 5.25. The van der Waals surface area contributed by atoms with Crippen molar-refractivity contribution in [1.82, 2.24) is 9.99 Å². The second-order valence-corrected chi connectivity index (χ2v) is 8.68. The highest BCUT2D eigenvalue weighted by molar-refractivity contribution is 9.10. The third kappa shape index (κ3) is 5.77. The predicted molar refractivity (Wildman–Crippen MR) is 128 cm³/mol. The van der Waals surface area contributed by atoms with E-state index in [1.807, 2.05) is 43.3 Å². The highest BCUT2D eigenvalue weighted by Gasteiger charge is 2.10. The standard InChI is InChI=1S/C23H24BrN3O2S/c1-16-11-19(17(2)27(16)21-6-4-5-20(24)12-21)13-25-26-23(28)15-30-14-18-7-9-22(29-3)10-8-18/h4-13H,14-15H2,1-3H3,(H,26,28)/b25-13-. The van der Waals surface area contributed by atoms with Gasteiger partial charge in [0.2, 0.25) is 5.91 Å². The molecule has 0 aliphatic carbocycles. The minimum atomic E-state index is -0.120. The van der Waals surface area contributed by atoms with E-state index < -0.39 is 0 Å². The van der Waals surface area contributed by atoms with E-state index in [-0.39, 0.29) is 5.91 Å². The van der Waals surface area contributed by atoms with Crippen molar-refractivity contribution in [3.8, 4) is 11.4 Å². The third-order valence-electron chi connectivity index (χ3n) is 4.59. The van der Waals surface area contributed by atoms with Gasteiger partial charge in [-0.3, -0.25) is 4.79 Å². The van der Waals surface area contributed by atoms with Gasteiger partial charge in [0.1, 0.15) is 5.75 Å². The van der Waals surface area contributed by atoms with Crippen LogP contribution < -0.4 is 10.2 Å². The van der Waals surface area contributed by atoms with E-state index in [0.717, 1.165) is 44.2 Å². The number of aryl methyl sites for hydroxylation is 1. The maximum absolute atomic E-state index is 12.1. The zero-order chi connectivity index (χ0) is 21.5. The van der Waals surface area contributed by atoms with Crippen LogP contribution in [0, 0.1) is 13.8 Å². The lowest BCUT2D eigenvalue weighted by Crippen LogP contribution is -2.19. The number of halogens is 1. The van der Waals surface area contributed by atoms with Crippen LogP contribution in [-0.2, 0) is 10.5 Å². The Morgan fingerprint density at radius 3 is 2.67 bits per heavy atom. The van der Waals surface area contributed by atoms with Crippen molar-refractivity contribution in [2.45, 2.75) is 19.6 Å². The molecule has 1 amide bonds. The van der Waals surface area contributed by atoms with Gasteiger partial charge in [-0.05, 0) is 55.8 Å². The molecule has 1 heterocycles. The molecule has 0 fully saturated rings. The summed E-state index contributed by atoms with van der Waals surface area (Å²) < 4.78 is 8.34. The van der Waals surface area contributed by atoms with Gasteiger partial charge < -0.3 is 9.30 Å². The molecule has 7 heteroatoms. The van der Waals surface area contributed by atoms with Crippen molar-refractivity contribution >= 4 is 39.8 Å². The summed E-state index contributed by atoms with van der Waals surface area (Å²) in [6, 6.07) is 18.1. The maximum atomic E-state index is 12.1. The Hall–Kier alpha value is -2.51. The monoisotopic (exact) mass is 485 g/mol. The molecule has 0 spiro atoms. The molecule has 0 saturated carbocycles. The first-order valence-electron chi connectivity index (χ1n) is 9.45. The number of ether oxygens (including phenoxy) is 1. The number of amides is 1. The fourth-order valence-electron chi connectivity index (χ4n) is 3.12. The lowest BCUT2D eigenvalue weighted by molar-refractivity contribution is -0.118. The van der Waals surface area contributed by atoms with Gasteiger partial charge in [0.25, 0.3) is 0 Å². The Morgan fingerprint density at radius 2 is 1.97 bits per heavy atom. The highest BCUT2D eigenvalue weighted by atomic mass is 79.9. The first kappa shape index (κ1) is 22.2. The van der Waals surface area contributed by atoms with Crippen LogP contribution in [0.2, 0.25) is 0 Å². The minimum Gasteiger partial charge on any atom is -0.497 e. The smallest absolute Gasteiger partial charge is 0.250 e. The first-order valence-corrected chi connectivity index (χ1v) is 11.4. The molecular weight excluding hydrogens is 462 g/mol. The van der Waals surface area contributed by atoms with E-state index in [9.17, 15) is 4.79 Å². The van der Waals surface area contributed by atoms with E-state index in [1.54, 1.807) is 25.1 Å². The first-order chi connectivity index (χ1) is 14.5. The Morgan fingerprint density at radius 1 is 1.20 bits per heavy atom. The summed E-state index contributed by atoms with van der Waals surface area (Å²) in [5.74, 6) is 1.82. The van der Waals surface area contributed by atoms with Gasteiger partial charge in [0.15, 0.2) is 0 Å². The quantitative estimate of drug-likeness (QED) is 0.350. The molecule has 5 nitrogen and oxygen atoms in total. The number of rotatable bonds is 8. The van der Waals surface area contributed by atoms with Gasteiger partial charge in [0, 0.05) is 32.9 Å². The zero-order valence-corrected chi connectivity index (χ0v) is 19.6. The van der Waals surface area contributed by atoms with E-state index in [4.69, 9.17) is 4.74 Å². The van der Waals surface area contributed by atoms with Crippen LogP contribution in [0.5, 0.6) is 5.75 Å². The highest BCUT2D eigenvalue weighted by Crippen LogP contribution is 2.22. The second kappa shape index (κ2) is 10.5. The van der Waals surface area contributed by atoms with Crippen molar-refractivity contribution in [2.24, 2.45) is 5.10 Å². The molecule has 30 heavy (non-hydrogen) atoms. The minimum absolute atomic E-state index is 0.120. The molecule has 0 bridgehead atoms. The number of hydrogen-bond acceptors (Lipinski definition) is 4. The van der Waals surface area contributed by atoms with Crippen LogP contribution >= 0.6 is 27.7 Å². The molecule has 3 rings (SSSR count). The average molecular weight is 486 g/mol. The van der Waals surface area contributed by atoms with Crippen LogP contribution in [0.4, 0.5) is 0 Å². The number of aromatic nitrogens is 1. The fraction of sp³-hybridized carbons (Fsp3) is 0.217. The SMILES string of the molecule is COc1ccc(CSCC(=O)N/N=C\c2cc(C)n(-c3cccc(Br)c3)c2C)cc1. The summed E-state index contributed by atoms with van der Waals surface area (Å²) in [6.07, 6.45) is 1.70. The number of thioether (sulfide) groups is 1. The van der Waals surface area contributed by atoms with Gasteiger partial charge in [-0.2, -0.15) is 5.10 Å². The van der Waals surface area contributed by atoms with Gasteiger partial charge in [-0.15, -0.1) is 11.8 Å². The Balaban J connectivity index is 1.53. The molecule has 1 N–H and O–H groups in total. The molecular formula is C23H24BrN3O2S. The topological polar surface area (TPSA) is 55.6 Å². The zero-order valence-electron chi connectivity index (χ0n) is 17.2. The third-order valence-corrected chi connectivity index (χ3v) is 6.09. The van der Waals surface area contributed by atoms with Crippen LogP contribution in [0.3, 0.4) is 0 Å². The molecule has 156 valence electrons. The van der Waals surface area contributed by atoms with Crippen LogP contribution in [0.15, 0.2) is 64.2 Å². The van der Waals surface area contributed by atoms with Gasteiger partial charge in [-0.25, -0.2) is 5.43 Å². The molecule has 0 aliphatic heterocycles. The Labute approximate surface area is 189 Å². The average Bonchev–Trinajstić information content (AvgIpc) is 3.01. The number of hydrogen-bond donors (Lipinski definition) is 1. The van der Waals surface area contributed by atoms with Crippen molar-refractivity contribution < 1.29 is 9.53 Å². The van der Waals surface area contributed by atoms with Crippen LogP contribution in [-0.4, -0.2) is 29.6 Å².